The zero-order valence-electron chi connectivity index (χ0n) is 9.68. The van der Waals surface area contributed by atoms with Crippen LogP contribution in [0.3, 0.4) is 0 Å². The second-order valence-corrected chi connectivity index (χ2v) is 6.07. The maximum absolute atomic E-state index is 11.7. The van der Waals surface area contributed by atoms with Crippen molar-refractivity contribution in [2.75, 3.05) is 0 Å². The number of amides is 1. The van der Waals surface area contributed by atoms with E-state index in [0.717, 1.165) is 11.3 Å². The summed E-state index contributed by atoms with van der Waals surface area (Å²) in [7, 11) is 0. The Balaban J connectivity index is 1.78. The third-order valence-electron chi connectivity index (χ3n) is 2.41. The molecule has 2 aromatic heterocycles. The molecule has 0 radical (unpaired) electrons. The average molecular weight is 265 g/mol. The summed E-state index contributed by atoms with van der Waals surface area (Å²) in [6.07, 6.45) is 1.40. The molecule has 17 heavy (non-hydrogen) atoms. The molecular weight excluding hydrogens is 250 g/mol. The van der Waals surface area contributed by atoms with E-state index in [4.69, 9.17) is 0 Å². The number of thiophene rings is 2. The molecule has 1 amide bonds. The van der Waals surface area contributed by atoms with Gasteiger partial charge in [-0.3, -0.25) is 4.79 Å². The molecule has 0 aliphatic carbocycles. The summed E-state index contributed by atoms with van der Waals surface area (Å²) in [5, 5.41) is 7.09. The van der Waals surface area contributed by atoms with Crippen molar-refractivity contribution in [2.45, 2.75) is 25.8 Å². The summed E-state index contributed by atoms with van der Waals surface area (Å²) in [6.45, 7) is 2.05. The van der Waals surface area contributed by atoms with E-state index in [-0.39, 0.29) is 11.9 Å². The molecule has 0 saturated carbocycles. The first-order valence-electron chi connectivity index (χ1n) is 5.58. The average Bonchev–Trinajstić information content (AvgIpc) is 2.90. The molecule has 2 nitrogen and oxygen atoms in total. The van der Waals surface area contributed by atoms with Gasteiger partial charge in [0.2, 0.25) is 5.91 Å². The van der Waals surface area contributed by atoms with Crippen molar-refractivity contribution in [2.24, 2.45) is 0 Å². The molecule has 0 aliphatic heterocycles. The van der Waals surface area contributed by atoms with E-state index in [1.54, 1.807) is 22.7 Å². The van der Waals surface area contributed by atoms with Crippen LogP contribution in [-0.4, -0.2) is 11.9 Å². The number of carbonyl (C=O) groups is 1. The van der Waals surface area contributed by atoms with Gasteiger partial charge in [-0.1, -0.05) is 12.1 Å². The Hall–Kier alpha value is -1.13. The molecule has 2 heterocycles. The quantitative estimate of drug-likeness (QED) is 0.884. The van der Waals surface area contributed by atoms with Crippen LogP contribution in [0.15, 0.2) is 35.0 Å². The van der Waals surface area contributed by atoms with Gasteiger partial charge in [-0.25, -0.2) is 0 Å². The molecule has 0 aliphatic rings. The van der Waals surface area contributed by atoms with Crippen LogP contribution in [0.25, 0.3) is 0 Å². The van der Waals surface area contributed by atoms with E-state index in [9.17, 15) is 4.79 Å². The highest BCUT2D eigenvalue weighted by molar-refractivity contribution is 7.10. The molecule has 0 fully saturated rings. The molecule has 4 heteroatoms. The Kier molecular flexibility index (Phi) is 4.34. The third kappa shape index (κ3) is 3.98. The van der Waals surface area contributed by atoms with Crippen LogP contribution in [0.1, 0.15) is 16.7 Å². The maximum atomic E-state index is 11.7. The van der Waals surface area contributed by atoms with Gasteiger partial charge in [0.1, 0.15) is 0 Å². The molecule has 0 aromatic carbocycles. The smallest absolute Gasteiger partial charge is 0.225 e. The lowest BCUT2D eigenvalue weighted by atomic mass is 10.2. The van der Waals surface area contributed by atoms with Gasteiger partial charge in [0.15, 0.2) is 0 Å². The molecule has 2 aromatic rings. The number of hydrogen-bond donors (Lipinski definition) is 1. The molecule has 0 saturated heterocycles. The van der Waals surface area contributed by atoms with E-state index in [1.807, 2.05) is 30.5 Å². The first kappa shape index (κ1) is 12.3. The highest BCUT2D eigenvalue weighted by Crippen LogP contribution is 2.12. The first-order chi connectivity index (χ1) is 8.24. The van der Waals surface area contributed by atoms with E-state index in [0.29, 0.717) is 6.42 Å². The van der Waals surface area contributed by atoms with Crippen molar-refractivity contribution >= 4 is 28.6 Å². The lowest BCUT2D eigenvalue weighted by Gasteiger charge is -2.12. The SMILES string of the molecule is CC(Cc1cccs1)NC(=O)Cc1cccs1. The van der Waals surface area contributed by atoms with E-state index in [2.05, 4.69) is 16.8 Å². The molecule has 2 rings (SSSR count). The highest BCUT2D eigenvalue weighted by Gasteiger charge is 2.09. The minimum absolute atomic E-state index is 0.108. The van der Waals surface area contributed by atoms with E-state index >= 15 is 0 Å². The summed E-state index contributed by atoms with van der Waals surface area (Å²) in [6, 6.07) is 8.31. The Morgan fingerprint density at radius 3 is 2.47 bits per heavy atom. The normalized spacial score (nSPS) is 12.3. The van der Waals surface area contributed by atoms with E-state index in [1.165, 1.54) is 4.88 Å². The van der Waals surface area contributed by atoms with Crippen LogP contribution in [-0.2, 0) is 17.6 Å². The van der Waals surface area contributed by atoms with Crippen molar-refractivity contribution in [3.8, 4) is 0 Å². The number of nitrogens with one attached hydrogen (secondary N) is 1. The summed E-state index contributed by atoms with van der Waals surface area (Å²) in [5.41, 5.74) is 0. The number of rotatable bonds is 5. The number of carbonyl (C=O) groups excluding carboxylic acids is 1. The maximum Gasteiger partial charge on any atom is 0.225 e. The van der Waals surface area contributed by atoms with Gasteiger partial charge in [0, 0.05) is 22.2 Å². The second kappa shape index (κ2) is 5.98. The van der Waals surface area contributed by atoms with Gasteiger partial charge in [-0.05, 0) is 29.8 Å². The van der Waals surface area contributed by atoms with Gasteiger partial charge in [-0.15, -0.1) is 22.7 Å². The molecule has 0 spiro atoms. The Labute approximate surface area is 109 Å². The molecule has 1 N–H and O–H groups in total. The lowest BCUT2D eigenvalue weighted by Crippen LogP contribution is -2.34. The number of hydrogen-bond acceptors (Lipinski definition) is 3. The van der Waals surface area contributed by atoms with Crippen LogP contribution in [0.4, 0.5) is 0 Å². The van der Waals surface area contributed by atoms with Crippen molar-refractivity contribution in [1.82, 2.24) is 5.32 Å². The minimum Gasteiger partial charge on any atom is -0.353 e. The highest BCUT2D eigenvalue weighted by atomic mass is 32.1. The third-order valence-corrected chi connectivity index (χ3v) is 4.18. The van der Waals surface area contributed by atoms with Gasteiger partial charge < -0.3 is 5.32 Å². The topological polar surface area (TPSA) is 29.1 Å². The summed E-state index contributed by atoms with van der Waals surface area (Å²) < 4.78 is 0. The summed E-state index contributed by atoms with van der Waals surface area (Å²) in [4.78, 5) is 14.2. The predicted octanol–water partition coefficient (Wildman–Crippen LogP) is 3.10. The van der Waals surface area contributed by atoms with Crippen LogP contribution in [0, 0.1) is 0 Å². The fourth-order valence-corrected chi connectivity index (χ4v) is 3.22. The first-order valence-corrected chi connectivity index (χ1v) is 7.34. The molecule has 1 atom stereocenters. The van der Waals surface area contributed by atoms with Crippen LogP contribution < -0.4 is 5.32 Å². The van der Waals surface area contributed by atoms with Crippen LogP contribution in [0.5, 0.6) is 0 Å². The Morgan fingerprint density at radius 2 is 1.88 bits per heavy atom. The second-order valence-electron chi connectivity index (χ2n) is 4.01. The largest absolute Gasteiger partial charge is 0.353 e. The van der Waals surface area contributed by atoms with E-state index < -0.39 is 0 Å². The zero-order valence-corrected chi connectivity index (χ0v) is 11.3. The molecule has 90 valence electrons. The standard InChI is InChI=1S/C13H15NOS2/c1-10(8-11-4-2-6-16-11)14-13(15)9-12-5-3-7-17-12/h2-7,10H,8-9H2,1H3,(H,14,15). The lowest BCUT2D eigenvalue weighted by molar-refractivity contribution is -0.120. The zero-order chi connectivity index (χ0) is 12.1. The van der Waals surface area contributed by atoms with Gasteiger partial charge in [-0.2, -0.15) is 0 Å². The fourth-order valence-electron chi connectivity index (χ4n) is 1.68. The molecular formula is C13H15NOS2. The minimum atomic E-state index is 0.108. The van der Waals surface area contributed by atoms with Crippen molar-refractivity contribution in [3.63, 3.8) is 0 Å². The van der Waals surface area contributed by atoms with Gasteiger partial charge in [0.25, 0.3) is 0 Å². The summed E-state index contributed by atoms with van der Waals surface area (Å²) >= 11 is 3.36. The van der Waals surface area contributed by atoms with Gasteiger partial charge in [0.05, 0.1) is 6.42 Å². The van der Waals surface area contributed by atoms with Gasteiger partial charge >= 0.3 is 0 Å². The fraction of sp³-hybridized carbons (Fsp3) is 0.308. The Morgan fingerprint density at radius 1 is 1.24 bits per heavy atom. The predicted molar refractivity (Wildman–Crippen MR) is 73.7 cm³/mol. The van der Waals surface area contributed by atoms with Crippen LogP contribution >= 0.6 is 22.7 Å². The van der Waals surface area contributed by atoms with Crippen molar-refractivity contribution in [3.05, 3.63) is 44.8 Å². The van der Waals surface area contributed by atoms with Crippen molar-refractivity contribution in [1.29, 1.82) is 0 Å². The molecule has 1 unspecified atom stereocenters. The van der Waals surface area contributed by atoms with Crippen molar-refractivity contribution < 1.29 is 4.79 Å². The Bertz CT molecular complexity index is 448. The monoisotopic (exact) mass is 265 g/mol. The van der Waals surface area contributed by atoms with Crippen LogP contribution in [0.2, 0.25) is 0 Å². The molecule has 0 bridgehead atoms. The summed E-state index contributed by atoms with van der Waals surface area (Å²) in [5.74, 6) is 0.108.